The molecule has 0 fully saturated rings. The first-order valence-electron chi connectivity index (χ1n) is 11.3. The fourth-order valence-electron chi connectivity index (χ4n) is 2.33. The maximum Gasteiger partial charge on any atom is 2.00 e. The summed E-state index contributed by atoms with van der Waals surface area (Å²) in [7, 11) is 2.92. The van der Waals surface area contributed by atoms with E-state index >= 15 is 0 Å². The molecular weight excluding hydrogens is 452 g/mol. The van der Waals surface area contributed by atoms with E-state index in [0.717, 1.165) is 61.2 Å². The summed E-state index contributed by atoms with van der Waals surface area (Å²) in [4.78, 5) is 46.3. The number of carbonyl (C=O) groups is 4. The third kappa shape index (κ3) is 18.7. The topological polar surface area (TPSA) is 121 Å². The Labute approximate surface area is 229 Å². The van der Waals surface area contributed by atoms with Gasteiger partial charge in [-0.15, -0.1) is 0 Å². The third-order valence-corrected chi connectivity index (χ3v) is 5.01. The smallest absolute Gasteiger partial charge is 0.548 e. The van der Waals surface area contributed by atoms with E-state index in [9.17, 15) is 29.4 Å². The Bertz CT molecular complexity index is 582. The second-order valence-corrected chi connectivity index (χ2v) is 7.68. The first-order chi connectivity index (χ1) is 15.0. The zero-order valence-corrected chi connectivity index (χ0v) is 23.4. The van der Waals surface area contributed by atoms with Crippen LogP contribution in [0.4, 0.5) is 0 Å². The van der Waals surface area contributed by atoms with Crippen molar-refractivity contribution >= 4 is 61.5 Å². The van der Waals surface area contributed by atoms with Crippen molar-refractivity contribution in [3.63, 3.8) is 0 Å². The van der Waals surface area contributed by atoms with Crippen LogP contribution in [0, 0.1) is 0 Å². The molecule has 8 nitrogen and oxygen atoms in total. The average molecular weight is 493 g/mol. The minimum atomic E-state index is -1.24. The standard InChI is InChI=1S/2C12H21NO3.Ca/c2*1-4-5-6-7-8-9-11(14)13(3)10(2)12(15)16;/h2*8-10H,4-7H2,1-3H3,(H,15,16);/q;;+2/p-2/b2*9-8+;. The molecule has 0 aliphatic carbocycles. The molecule has 0 spiro atoms. The van der Waals surface area contributed by atoms with Gasteiger partial charge in [0.2, 0.25) is 11.8 Å². The Morgan fingerprint density at radius 3 is 1.24 bits per heavy atom. The Kier molecular flexibility index (Phi) is 24.6. The minimum Gasteiger partial charge on any atom is -0.548 e. The van der Waals surface area contributed by atoms with Crippen molar-refractivity contribution in [3.05, 3.63) is 24.3 Å². The van der Waals surface area contributed by atoms with Crippen LogP contribution in [0.5, 0.6) is 0 Å². The van der Waals surface area contributed by atoms with Crippen molar-refractivity contribution in [1.29, 1.82) is 0 Å². The average Bonchev–Trinajstić information content (AvgIpc) is 2.76. The molecule has 2 unspecified atom stereocenters. The maximum absolute atomic E-state index is 11.5. The van der Waals surface area contributed by atoms with Gasteiger partial charge in [-0.25, -0.2) is 0 Å². The van der Waals surface area contributed by atoms with Crippen LogP contribution in [-0.4, -0.2) is 97.5 Å². The molecule has 9 heteroatoms. The molecule has 0 heterocycles. The Hall–Kier alpha value is -1.38. The van der Waals surface area contributed by atoms with E-state index in [1.807, 2.05) is 0 Å². The van der Waals surface area contributed by atoms with Crippen LogP contribution in [0.1, 0.15) is 79.1 Å². The second kappa shape index (κ2) is 22.4. The van der Waals surface area contributed by atoms with Crippen LogP contribution in [0.2, 0.25) is 0 Å². The number of hydrogen-bond donors (Lipinski definition) is 0. The molecule has 2 amide bonds. The van der Waals surface area contributed by atoms with E-state index in [1.54, 1.807) is 12.2 Å². The SMILES string of the molecule is CCCCC/C=C/C(=O)N(C)C(C)C(=O)[O-].CCCCC/C=C/C(=O)N(C)C(C)C(=O)[O-].[Ca+2]. The summed E-state index contributed by atoms with van der Waals surface area (Å²) in [6.45, 7) is 7.09. The van der Waals surface area contributed by atoms with E-state index in [-0.39, 0.29) is 49.6 Å². The molecule has 0 bridgehead atoms. The second-order valence-electron chi connectivity index (χ2n) is 7.68. The molecule has 0 rings (SSSR count). The quantitative estimate of drug-likeness (QED) is 0.203. The van der Waals surface area contributed by atoms with Gasteiger partial charge in [-0.05, 0) is 51.7 Å². The van der Waals surface area contributed by atoms with Gasteiger partial charge in [-0.1, -0.05) is 51.7 Å². The first-order valence-corrected chi connectivity index (χ1v) is 11.3. The number of amides is 2. The molecule has 0 aliphatic heterocycles. The predicted octanol–water partition coefficient (Wildman–Crippen LogP) is 1.06. The Morgan fingerprint density at radius 2 is 1.00 bits per heavy atom. The van der Waals surface area contributed by atoms with Gasteiger partial charge in [0.05, 0.1) is 24.0 Å². The number of aliphatic carboxylic acids is 2. The van der Waals surface area contributed by atoms with Crippen LogP contribution in [-0.2, 0) is 19.2 Å². The van der Waals surface area contributed by atoms with Crippen LogP contribution in [0.15, 0.2) is 24.3 Å². The monoisotopic (exact) mass is 492 g/mol. The summed E-state index contributed by atoms with van der Waals surface area (Å²) < 4.78 is 0. The summed E-state index contributed by atoms with van der Waals surface area (Å²) in [5.74, 6) is -3.08. The van der Waals surface area contributed by atoms with Gasteiger partial charge >= 0.3 is 37.7 Å². The van der Waals surface area contributed by atoms with Gasteiger partial charge in [0, 0.05) is 14.1 Å². The number of allylic oxidation sites excluding steroid dienone is 2. The van der Waals surface area contributed by atoms with E-state index in [4.69, 9.17) is 0 Å². The van der Waals surface area contributed by atoms with Crippen LogP contribution < -0.4 is 10.2 Å². The normalized spacial score (nSPS) is 12.3. The number of carbonyl (C=O) groups excluding carboxylic acids is 4. The van der Waals surface area contributed by atoms with Crippen LogP contribution in [0.25, 0.3) is 0 Å². The summed E-state index contributed by atoms with van der Waals surface area (Å²) in [6.07, 6.45) is 14.8. The van der Waals surface area contributed by atoms with Gasteiger partial charge in [0.15, 0.2) is 0 Å². The van der Waals surface area contributed by atoms with Gasteiger partial charge in [-0.3, -0.25) is 9.59 Å². The first kappa shape index (κ1) is 36.2. The van der Waals surface area contributed by atoms with Gasteiger partial charge < -0.3 is 29.6 Å². The summed E-state index contributed by atoms with van der Waals surface area (Å²) in [6, 6.07) is -1.79. The Balaban J connectivity index is -0.000000529. The largest absolute Gasteiger partial charge is 2.00 e. The fraction of sp³-hybridized carbons (Fsp3) is 0.667. The van der Waals surface area contributed by atoms with Gasteiger partial charge in [0.25, 0.3) is 0 Å². The summed E-state index contributed by atoms with van der Waals surface area (Å²) >= 11 is 0. The van der Waals surface area contributed by atoms with E-state index in [1.165, 1.54) is 40.1 Å². The molecule has 0 aromatic rings. The van der Waals surface area contributed by atoms with Crippen molar-refractivity contribution in [1.82, 2.24) is 9.80 Å². The van der Waals surface area contributed by atoms with Crippen molar-refractivity contribution in [2.24, 2.45) is 0 Å². The van der Waals surface area contributed by atoms with E-state index in [0.29, 0.717) is 0 Å². The fourth-order valence-corrected chi connectivity index (χ4v) is 2.33. The van der Waals surface area contributed by atoms with E-state index < -0.39 is 24.0 Å². The van der Waals surface area contributed by atoms with E-state index in [2.05, 4.69) is 13.8 Å². The maximum atomic E-state index is 11.5. The Morgan fingerprint density at radius 1 is 0.697 bits per heavy atom. The number of unbranched alkanes of at least 4 members (excludes halogenated alkanes) is 6. The molecule has 0 radical (unpaired) electrons. The zero-order valence-electron chi connectivity index (χ0n) is 21.2. The summed E-state index contributed by atoms with van der Waals surface area (Å²) in [5.41, 5.74) is 0. The predicted molar refractivity (Wildman–Crippen MR) is 127 cm³/mol. The molecule has 33 heavy (non-hydrogen) atoms. The molecule has 0 aromatic heterocycles. The number of hydrogen-bond acceptors (Lipinski definition) is 6. The molecule has 0 aliphatic rings. The number of nitrogens with zero attached hydrogens (tertiary/aromatic N) is 2. The van der Waals surface area contributed by atoms with Crippen molar-refractivity contribution < 1.29 is 29.4 Å². The van der Waals surface area contributed by atoms with Gasteiger partial charge in [0.1, 0.15) is 0 Å². The molecule has 0 aromatic carbocycles. The number of rotatable bonds is 14. The number of likely N-dealkylation sites (N-methyl/N-ethyl adjacent to an activating group) is 2. The third-order valence-electron chi connectivity index (χ3n) is 5.01. The molecule has 2 atom stereocenters. The van der Waals surface area contributed by atoms with Crippen molar-refractivity contribution in [3.8, 4) is 0 Å². The van der Waals surface area contributed by atoms with Crippen molar-refractivity contribution in [2.75, 3.05) is 14.1 Å². The molecule has 184 valence electrons. The molecular formula is C24H40CaN2O6. The number of carboxylic acids is 2. The van der Waals surface area contributed by atoms with Crippen molar-refractivity contribution in [2.45, 2.75) is 91.1 Å². The number of carboxylic acid groups (broad SMARTS) is 2. The summed E-state index contributed by atoms with van der Waals surface area (Å²) in [5, 5.41) is 21.1. The minimum absolute atomic E-state index is 0. The van der Waals surface area contributed by atoms with Gasteiger partial charge in [-0.2, -0.15) is 0 Å². The molecule has 0 saturated carbocycles. The molecule has 0 N–H and O–H groups in total. The van der Waals surface area contributed by atoms with Crippen LogP contribution >= 0.6 is 0 Å². The van der Waals surface area contributed by atoms with Crippen LogP contribution in [0.3, 0.4) is 0 Å². The zero-order chi connectivity index (χ0) is 25.1. The molecule has 0 saturated heterocycles.